The number of ether oxygens (including phenoxy) is 12. The quantitative estimate of drug-likeness (QED) is 0.0183. The largest absolute Gasteiger partial charge is 0.379 e. The number of alkyl halides is 1. The predicted molar refractivity (Wildman–Crippen MR) is 242 cm³/mol. The van der Waals surface area contributed by atoms with Gasteiger partial charge in [-0.2, -0.15) is 0 Å². The van der Waals surface area contributed by atoms with Gasteiger partial charge < -0.3 is 72.6 Å². The smallest absolute Gasteiger partial charge is 0.246 e. The Labute approximate surface area is 387 Å². The van der Waals surface area contributed by atoms with Gasteiger partial charge in [-0.3, -0.25) is 14.9 Å². The van der Waals surface area contributed by atoms with Crippen LogP contribution in [0.4, 0.5) is 5.69 Å². The number of carbonyl (C=O) groups excluding carboxylic acids is 2. The van der Waals surface area contributed by atoms with Gasteiger partial charge >= 0.3 is 0 Å². The lowest BCUT2D eigenvalue weighted by Crippen LogP contribution is -2.54. The number of anilines is 1. The number of hydrogen-bond acceptors (Lipinski definition) is 17. The Morgan fingerprint density at radius 2 is 0.922 bits per heavy atom. The lowest BCUT2D eigenvalue weighted by atomic mass is 10.0. The number of nitrogens with zero attached hydrogens (tertiary/aromatic N) is 3. The number of nitrogens with one attached hydrogen (secondary N) is 3. The molecule has 0 saturated heterocycles. The van der Waals surface area contributed by atoms with E-state index in [-0.39, 0.29) is 30.8 Å². The molecule has 0 fully saturated rings. The Morgan fingerprint density at radius 3 is 1.25 bits per heavy atom. The molecule has 4 N–H and O–H groups in total. The monoisotopic (exact) mass is 982 g/mol. The molecule has 0 unspecified atom stereocenters. The van der Waals surface area contributed by atoms with Crippen LogP contribution in [0, 0.1) is 5.92 Å². The normalized spacial score (nSPS) is 12.8. The maximum Gasteiger partial charge on any atom is 0.246 e. The molecule has 0 aliphatic rings. The number of aliphatic hydroxyl groups is 1. The molecule has 0 aliphatic heterocycles. The first kappa shape index (κ1) is 59.4. The van der Waals surface area contributed by atoms with Crippen LogP contribution in [0.15, 0.2) is 29.4 Å². The maximum absolute atomic E-state index is 13.0. The number of halogens is 1. The lowest BCUT2D eigenvalue weighted by molar-refractivity contribution is -0.129. The number of aliphatic hydroxyl groups excluding tert-OH is 1. The predicted octanol–water partition coefficient (Wildman–Crippen LogP) is 2.86. The van der Waals surface area contributed by atoms with Gasteiger partial charge in [0.05, 0.1) is 165 Å². The molecular weight excluding hydrogens is 908 g/mol. The third kappa shape index (κ3) is 36.6. The first-order valence-electron chi connectivity index (χ1n) is 21.9. The Kier molecular flexibility index (Phi) is 41.1. The molecule has 370 valence electrons. The molecule has 0 spiro atoms. The average Bonchev–Trinajstić information content (AvgIpc) is 3.29. The SMILES string of the molecule is CC(C)[C@H](N[C@@H](O)CCOCCOCCOCCOCCOCCOCCOCCOCCOCCOCCOCCOCCN=[N+]=[N-])C(=O)N[C@@H](C)C(=O)Nc1ccc(CBr)cc1. The molecule has 1 rings (SSSR count). The van der Waals surface area contributed by atoms with E-state index >= 15 is 0 Å². The van der Waals surface area contributed by atoms with Crippen molar-refractivity contribution >= 4 is 33.4 Å². The highest BCUT2D eigenvalue weighted by molar-refractivity contribution is 9.08. The lowest BCUT2D eigenvalue weighted by Gasteiger charge is -2.26. The van der Waals surface area contributed by atoms with Gasteiger partial charge in [-0.05, 0) is 36.1 Å². The standard InChI is InChI=1S/C42H75BrN6O15/c1-35(2)40(42(52)46-36(3)41(51)47-38-6-4-37(34-43)5-7-38)48-39(50)8-10-53-12-14-55-16-18-57-20-22-59-24-26-61-28-30-63-32-33-64-31-29-62-27-25-60-23-21-58-19-17-56-15-13-54-11-9-45-49-44/h4-7,35-36,39-40,48,50H,8-34H2,1-3H3,(H,46,52)(H,47,51)/t36-,39-,40-/m0/s1. The summed E-state index contributed by atoms with van der Waals surface area (Å²) >= 11 is 3.39. The second kappa shape index (κ2) is 44.2. The molecule has 0 aromatic heterocycles. The average molecular weight is 984 g/mol. The van der Waals surface area contributed by atoms with Crippen molar-refractivity contribution in [3.63, 3.8) is 0 Å². The fraction of sp³-hybridized carbons (Fsp3) is 0.810. The maximum atomic E-state index is 13.0. The summed E-state index contributed by atoms with van der Waals surface area (Å²) in [6, 6.07) is 5.94. The Bertz CT molecular complexity index is 1290. The van der Waals surface area contributed by atoms with Crippen molar-refractivity contribution in [2.24, 2.45) is 11.0 Å². The van der Waals surface area contributed by atoms with Gasteiger partial charge in [0.25, 0.3) is 0 Å². The van der Waals surface area contributed by atoms with Crippen LogP contribution in [0.5, 0.6) is 0 Å². The molecule has 64 heavy (non-hydrogen) atoms. The van der Waals surface area contributed by atoms with Crippen LogP contribution in [-0.4, -0.2) is 200 Å². The molecule has 0 radical (unpaired) electrons. The van der Waals surface area contributed by atoms with Crippen LogP contribution in [0.1, 0.15) is 32.8 Å². The van der Waals surface area contributed by atoms with Gasteiger partial charge in [0.15, 0.2) is 0 Å². The van der Waals surface area contributed by atoms with E-state index in [1.807, 2.05) is 26.0 Å². The molecule has 0 bridgehead atoms. The van der Waals surface area contributed by atoms with Crippen LogP contribution in [0.2, 0.25) is 0 Å². The van der Waals surface area contributed by atoms with Gasteiger partial charge in [0, 0.05) is 28.9 Å². The van der Waals surface area contributed by atoms with Crippen molar-refractivity contribution in [3.05, 3.63) is 40.3 Å². The first-order chi connectivity index (χ1) is 31.3. The molecular formula is C42H75BrN6O15. The minimum absolute atomic E-state index is 0.134. The highest BCUT2D eigenvalue weighted by atomic mass is 79.9. The summed E-state index contributed by atoms with van der Waals surface area (Å²) in [7, 11) is 0. The summed E-state index contributed by atoms with van der Waals surface area (Å²) in [5, 5.41) is 23.1. The van der Waals surface area contributed by atoms with Crippen LogP contribution in [-0.2, 0) is 71.8 Å². The molecule has 3 atom stereocenters. The van der Waals surface area contributed by atoms with Crippen LogP contribution in [0.25, 0.3) is 10.4 Å². The van der Waals surface area contributed by atoms with Crippen molar-refractivity contribution in [1.29, 1.82) is 0 Å². The van der Waals surface area contributed by atoms with Crippen LogP contribution >= 0.6 is 15.9 Å². The molecule has 1 aromatic rings. The number of azide groups is 1. The van der Waals surface area contributed by atoms with Crippen molar-refractivity contribution < 1.29 is 71.5 Å². The van der Waals surface area contributed by atoms with Crippen molar-refractivity contribution in [3.8, 4) is 0 Å². The number of hydrogen-bond donors (Lipinski definition) is 4. The highest BCUT2D eigenvalue weighted by Gasteiger charge is 2.27. The fourth-order valence-corrected chi connectivity index (χ4v) is 5.40. The third-order valence-electron chi connectivity index (χ3n) is 8.48. The third-order valence-corrected chi connectivity index (χ3v) is 9.12. The van der Waals surface area contributed by atoms with E-state index in [4.69, 9.17) is 62.4 Å². The summed E-state index contributed by atoms with van der Waals surface area (Å²) in [6.07, 6.45) is -0.703. The minimum atomic E-state index is -0.973. The summed E-state index contributed by atoms with van der Waals surface area (Å²) in [5.74, 6) is -0.849. The second-order valence-corrected chi connectivity index (χ2v) is 14.6. The highest BCUT2D eigenvalue weighted by Crippen LogP contribution is 2.12. The molecule has 21 nitrogen and oxygen atoms in total. The Hall–Kier alpha value is -2.61. The van der Waals surface area contributed by atoms with Gasteiger partial charge in [0.1, 0.15) is 12.3 Å². The summed E-state index contributed by atoms with van der Waals surface area (Å²) in [6.45, 7) is 16.3. The number of amides is 2. The van der Waals surface area contributed by atoms with Gasteiger partial charge in [-0.25, -0.2) is 0 Å². The number of rotatable bonds is 47. The van der Waals surface area contributed by atoms with Crippen LogP contribution in [0.3, 0.4) is 0 Å². The molecule has 22 heteroatoms. The van der Waals surface area contributed by atoms with E-state index in [0.29, 0.717) is 164 Å². The summed E-state index contributed by atoms with van der Waals surface area (Å²) in [4.78, 5) is 28.2. The minimum Gasteiger partial charge on any atom is -0.379 e. The van der Waals surface area contributed by atoms with Crippen LogP contribution < -0.4 is 16.0 Å². The van der Waals surface area contributed by atoms with E-state index in [1.165, 1.54) is 0 Å². The first-order valence-corrected chi connectivity index (χ1v) is 23.0. The van der Waals surface area contributed by atoms with E-state index < -0.39 is 18.3 Å². The van der Waals surface area contributed by atoms with Crippen molar-refractivity contribution in [1.82, 2.24) is 10.6 Å². The van der Waals surface area contributed by atoms with E-state index in [9.17, 15) is 14.7 Å². The number of benzene rings is 1. The molecule has 0 saturated carbocycles. The molecule has 1 aromatic carbocycles. The van der Waals surface area contributed by atoms with E-state index in [2.05, 4.69) is 41.9 Å². The second-order valence-electron chi connectivity index (χ2n) is 14.0. The van der Waals surface area contributed by atoms with E-state index in [1.54, 1.807) is 19.1 Å². The summed E-state index contributed by atoms with van der Waals surface area (Å²) in [5.41, 5.74) is 9.88. The Balaban J connectivity index is 1.81. The molecule has 0 aliphatic carbocycles. The Morgan fingerprint density at radius 1 is 0.578 bits per heavy atom. The number of carbonyl (C=O) groups is 2. The summed E-state index contributed by atoms with van der Waals surface area (Å²) < 4.78 is 65.5. The zero-order valence-electron chi connectivity index (χ0n) is 38.1. The zero-order chi connectivity index (χ0) is 46.6. The van der Waals surface area contributed by atoms with E-state index in [0.717, 1.165) is 10.9 Å². The van der Waals surface area contributed by atoms with Gasteiger partial charge in [-0.1, -0.05) is 47.0 Å². The van der Waals surface area contributed by atoms with Gasteiger partial charge in [0.2, 0.25) is 11.8 Å². The zero-order valence-corrected chi connectivity index (χ0v) is 39.7. The van der Waals surface area contributed by atoms with Gasteiger partial charge in [-0.15, -0.1) is 0 Å². The topological polar surface area (TPSA) is 250 Å². The fourth-order valence-electron chi connectivity index (χ4n) is 5.02. The molecule has 0 heterocycles. The van der Waals surface area contributed by atoms with Crippen molar-refractivity contribution in [2.45, 2.75) is 50.8 Å². The van der Waals surface area contributed by atoms with Crippen molar-refractivity contribution in [2.75, 3.05) is 170 Å². The molecule has 2 amide bonds.